The van der Waals surface area contributed by atoms with Gasteiger partial charge in [0.05, 0.1) is 28.4 Å². The minimum absolute atomic E-state index is 0.0154. The molecule has 1 saturated carbocycles. The molecule has 1 heterocycles. The number of hydrogen-bond acceptors (Lipinski definition) is 10. The summed E-state index contributed by atoms with van der Waals surface area (Å²) in [5.74, 6) is 0.219. The van der Waals surface area contributed by atoms with Crippen molar-refractivity contribution in [1.82, 2.24) is 0 Å². The van der Waals surface area contributed by atoms with E-state index < -0.39 is 10.7 Å². The molecule has 3 aliphatic rings. The fourth-order valence-corrected chi connectivity index (χ4v) is 10.3. The summed E-state index contributed by atoms with van der Waals surface area (Å²) < 4.78 is 20.5. The number of ether oxygens (including phenoxy) is 3. The number of nitro benzene ring substituents is 1. The maximum absolute atomic E-state index is 11.3. The van der Waals surface area contributed by atoms with E-state index in [1.165, 1.54) is 12.1 Å². The lowest BCUT2D eigenvalue weighted by molar-refractivity contribution is -0.384. The predicted octanol–water partition coefficient (Wildman–Crippen LogP) is 9.94. The average Bonchev–Trinajstić information content (AvgIpc) is 3.24. The Bertz CT molecular complexity index is 2140. The van der Waals surface area contributed by atoms with Crippen LogP contribution in [0.25, 0.3) is 10.8 Å². The number of unbranched alkanes of at least 4 members (excludes halogenated alkanes) is 2. The first-order valence-corrected chi connectivity index (χ1v) is 21.1. The van der Waals surface area contributed by atoms with E-state index in [0.29, 0.717) is 25.9 Å². The van der Waals surface area contributed by atoms with E-state index in [9.17, 15) is 20.3 Å². The Balaban J connectivity index is 1.39. The van der Waals surface area contributed by atoms with Crippen molar-refractivity contribution in [3.63, 3.8) is 0 Å². The minimum atomic E-state index is -1.14. The molecule has 7 rings (SSSR count). The number of allylic oxidation sites excluding steroid dienone is 1. The van der Waals surface area contributed by atoms with Gasteiger partial charge in [-0.25, -0.2) is 0 Å². The summed E-state index contributed by atoms with van der Waals surface area (Å²) in [6, 6.07) is 27.2. The van der Waals surface area contributed by atoms with Gasteiger partial charge in [-0.15, -0.1) is 18.3 Å². The zero-order valence-electron chi connectivity index (χ0n) is 32.7. The number of non-ortho nitro benzene ring substituents is 1. The van der Waals surface area contributed by atoms with Crippen LogP contribution in [0.5, 0.6) is 11.5 Å². The number of nitro groups is 1. The van der Waals surface area contributed by atoms with Gasteiger partial charge in [0.2, 0.25) is 5.79 Å². The van der Waals surface area contributed by atoms with Gasteiger partial charge in [0.15, 0.2) is 0 Å². The molecule has 0 radical (unpaired) electrons. The van der Waals surface area contributed by atoms with Crippen molar-refractivity contribution >= 4 is 33.9 Å². The van der Waals surface area contributed by atoms with Crippen LogP contribution in [0.4, 0.5) is 5.69 Å². The lowest BCUT2D eigenvalue weighted by atomic mass is 9.56. The number of hydrogen-bond donors (Lipinski definition) is 2. The first kappa shape index (κ1) is 41.2. The Hall–Kier alpha value is -4.94. The van der Waals surface area contributed by atoms with Crippen LogP contribution in [-0.4, -0.2) is 58.3 Å². The fraction of sp³-hybridized carbons (Fsp3) is 0.383. The molecule has 58 heavy (non-hydrogen) atoms. The number of thioether (sulfide) groups is 1. The van der Waals surface area contributed by atoms with Gasteiger partial charge in [-0.1, -0.05) is 73.1 Å². The highest BCUT2D eigenvalue weighted by Crippen LogP contribution is 2.63. The summed E-state index contributed by atoms with van der Waals surface area (Å²) in [5, 5.41) is 38.0. The first-order valence-electron chi connectivity index (χ1n) is 20.2. The van der Waals surface area contributed by atoms with Crippen LogP contribution in [0.3, 0.4) is 0 Å². The number of aliphatic hydroxyl groups is 2. The molecule has 11 heteroatoms. The highest BCUT2D eigenvalue weighted by atomic mass is 32.2. The third-order valence-electron chi connectivity index (χ3n) is 11.5. The molecule has 2 aliphatic carbocycles. The van der Waals surface area contributed by atoms with Crippen molar-refractivity contribution in [3.05, 3.63) is 143 Å². The molecule has 0 bridgehead atoms. The van der Waals surface area contributed by atoms with Crippen molar-refractivity contribution in [2.75, 3.05) is 26.4 Å². The SMILES string of the molecule is C=CCOc1ccc2c(c1)[C@H]1[C@H](CCCCO)[C@@H](CCCCO)C=C3C(=NOCc4ccc([N+](=O)[O-])cc4)C[C@H](Sc4ccc5ccccc5c4)[C@@](OCC=C)(O2)[C@H]31. The number of nitrogens with zero attached hydrogens (tertiary/aromatic N) is 2. The van der Waals surface area contributed by atoms with E-state index in [-0.39, 0.29) is 61.0 Å². The molecule has 6 atom stereocenters. The second-order valence-electron chi connectivity index (χ2n) is 15.2. The Kier molecular flexibility index (Phi) is 13.7. The molecular weight excluding hydrogens is 753 g/mol. The molecule has 1 aliphatic heterocycles. The predicted molar refractivity (Wildman–Crippen MR) is 228 cm³/mol. The molecule has 2 N–H and O–H groups in total. The van der Waals surface area contributed by atoms with Gasteiger partial charge in [-0.05, 0) is 102 Å². The van der Waals surface area contributed by atoms with E-state index in [2.05, 4.69) is 55.6 Å². The molecule has 0 spiro atoms. The Labute approximate surface area is 344 Å². The van der Waals surface area contributed by atoms with Crippen LogP contribution in [0, 0.1) is 27.9 Å². The van der Waals surface area contributed by atoms with Gasteiger partial charge < -0.3 is 29.3 Å². The Morgan fingerprint density at radius 2 is 1.67 bits per heavy atom. The third-order valence-corrected chi connectivity index (χ3v) is 12.8. The maximum atomic E-state index is 11.3. The lowest BCUT2D eigenvalue weighted by Crippen LogP contribution is -2.64. The van der Waals surface area contributed by atoms with Crippen LogP contribution < -0.4 is 9.47 Å². The van der Waals surface area contributed by atoms with Crippen molar-refractivity contribution in [1.29, 1.82) is 0 Å². The zero-order valence-corrected chi connectivity index (χ0v) is 33.6. The highest BCUT2D eigenvalue weighted by Gasteiger charge is 2.64. The molecule has 304 valence electrons. The highest BCUT2D eigenvalue weighted by molar-refractivity contribution is 8.00. The number of fused-ring (bicyclic) bond motifs is 3. The fourth-order valence-electron chi connectivity index (χ4n) is 8.97. The quantitative estimate of drug-likeness (QED) is 0.0388. The second kappa shape index (κ2) is 19.2. The minimum Gasteiger partial charge on any atom is -0.490 e. The summed E-state index contributed by atoms with van der Waals surface area (Å²) in [6.45, 7) is 8.91. The average molecular weight is 805 g/mol. The largest absolute Gasteiger partial charge is 0.490 e. The summed E-state index contributed by atoms with van der Waals surface area (Å²) in [6.07, 6.45) is 11.2. The third kappa shape index (κ3) is 8.88. The van der Waals surface area contributed by atoms with Crippen molar-refractivity contribution in [2.24, 2.45) is 22.9 Å². The van der Waals surface area contributed by atoms with Crippen LogP contribution >= 0.6 is 11.8 Å². The number of benzene rings is 4. The van der Waals surface area contributed by atoms with E-state index >= 15 is 0 Å². The molecule has 4 aromatic carbocycles. The first-order chi connectivity index (χ1) is 28.4. The topological polar surface area (TPSA) is 133 Å². The van der Waals surface area contributed by atoms with E-state index in [1.54, 1.807) is 36.0 Å². The van der Waals surface area contributed by atoms with E-state index in [1.807, 2.05) is 24.3 Å². The number of oxime groups is 1. The lowest BCUT2D eigenvalue weighted by Gasteiger charge is -2.58. The van der Waals surface area contributed by atoms with E-state index in [4.69, 9.17) is 24.2 Å². The molecule has 10 nitrogen and oxygen atoms in total. The standard InChI is InChI=1S/C47H52N2O8S/c1-3-25-54-37-20-22-43-41(29-37)45-39(14-8-10-24-51)35(13-7-9-23-50)28-40-42(48-56-31-32-15-18-36(19-16-32)49(52)53)30-44(47(57-43,46(40)45)55-26-4-2)58-38-21-17-33-11-5-6-12-34(33)27-38/h3-6,11-12,15-22,27-29,35,39,44-46,50-51H,1-2,7-10,13-14,23-26,30-31H2/t35-,39+,44-,45+,46+,47+/m0/s1. The van der Waals surface area contributed by atoms with Crippen molar-refractivity contribution in [3.8, 4) is 11.5 Å². The number of aliphatic hydroxyl groups excluding tert-OH is 2. The van der Waals surface area contributed by atoms with Crippen molar-refractivity contribution in [2.45, 2.75) is 73.4 Å². The molecule has 0 aromatic heterocycles. The summed E-state index contributed by atoms with van der Waals surface area (Å²) >= 11 is 1.71. The summed E-state index contributed by atoms with van der Waals surface area (Å²) in [7, 11) is 0. The number of rotatable bonds is 20. The van der Waals surface area contributed by atoms with Crippen molar-refractivity contribution < 1.29 is 34.2 Å². The van der Waals surface area contributed by atoms with Crippen LogP contribution in [0.2, 0.25) is 0 Å². The van der Waals surface area contributed by atoms with E-state index in [0.717, 1.165) is 75.3 Å². The summed E-state index contributed by atoms with van der Waals surface area (Å²) in [5.41, 5.74) is 3.64. The Morgan fingerprint density at radius 1 is 0.914 bits per heavy atom. The molecular formula is C47H52N2O8S. The smallest absolute Gasteiger partial charge is 0.269 e. The zero-order chi connectivity index (χ0) is 40.5. The maximum Gasteiger partial charge on any atom is 0.269 e. The molecule has 0 unspecified atom stereocenters. The summed E-state index contributed by atoms with van der Waals surface area (Å²) in [4.78, 5) is 18.1. The monoisotopic (exact) mass is 804 g/mol. The van der Waals surface area contributed by atoms with Crippen LogP contribution in [-0.2, 0) is 16.2 Å². The van der Waals surface area contributed by atoms with Crippen LogP contribution in [0.15, 0.2) is 132 Å². The van der Waals surface area contributed by atoms with Gasteiger partial charge in [0.25, 0.3) is 5.69 Å². The second-order valence-corrected chi connectivity index (χ2v) is 16.4. The van der Waals surface area contributed by atoms with Crippen LogP contribution in [0.1, 0.15) is 62.0 Å². The normalized spacial score (nSPS) is 23.9. The Morgan fingerprint density at radius 3 is 2.41 bits per heavy atom. The van der Waals surface area contributed by atoms with Gasteiger partial charge in [0.1, 0.15) is 24.7 Å². The molecule has 0 amide bonds. The molecule has 0 saturated heterocycles. The van der Waals surface area contributed by atoms with Gasteiger partial charge in [-0.2, -0.15) is 0 Å². The molecule has 1 fully saturated rings. The molecule has 4 aromatic rings. The van der Waals surface area contributed by atoms with Gasteiger partial charge in [-0.3, -0.25) is 10.1 Å². The van der Waals surface area contributed by atoms with Gasteiger partial charge in [0, 0.05) is 48.1 Å². The van der Waals surface area contributed by atoms with Gasteiger partial charge >= 0.3 is 0 Å².